The van der Waals surface area contributed by atoms with Crippen molar-refractivity contribution in [2.24, 2.45) is 11.3 Å². The molecule has 3 rings (SSSR count). The minimum Gasteiger partial charge on any atom is -0.377 e. The topological polar surface area (TPSA) is 52.7 Å². The summed E-state index contributed by atoms with van der Waals surface area (Å²) in [5.41, 5.74) is 4.60. The van der Waals surface area contributed by atoms with Crippen LogP contribution in [0.2, 0.25) is 0 Å². The Balaban J connectivity index is 1.86. The van der Waals surface area contributed by atoms with Gasteiger partial charge in [-0.15, -0.1) is 0 Å². The van der Waals surface area contributed by atoms with Crippen LogP contribution in [0.3, 0.4) is 0 Å². The smallest absolute Gasteiger partial charge is 0.254 e. The summed E-state index contributed by atoms with van der Waals surface area (Å²) in [6.07, 6.45) is 2.82. The molecule has 1 aliphatic carbocycles. The van der Waals surface area contributed by atoms with Crippen molar-refractivity contribution in [2.75, 3.05) is 30.9 Å². The zero-order valence-electron chi connectivity index (χ0n) is 20.4. The van der Waals surface area contributed by atoms with Crippen molar-refractivity contribution >= 4 is 23.2 Å². The van der Waals surface area contributed by atoms with Crippen LogP contribution < -0.4 is 10.2 Å². The summed E-state index contributed by atoms with van der Waals surface area (Å²) < 4.78 is 0. The molecule has 0 unspecified atom stereocenters. The van der Waals surface area contributed by atoms with Gasteiger partial charge in [0.2, 0.25) is 5.91 Å². The first-order valence-corrected chi connectivity index (χ1v) is 11.5. The highest BCUT2D eigenvalue weighted by Crippen LogP contribution is 2.32. The van der Waals surface area contributed by atoms with Gasteiger partial charge in [-0.2, -0.15) is 0 Å². The van der Waals surface area contributed by atoms with Gasteiger partial charge in [0.25, 0.3) is 5.91 Å². The molecule has 0 spiro atoms. The number of carbonyl (C=O) groups is 2. The summed E-state index contributed by atoms with van der Waals surface area (Å²) in [4.78, 5) is 29.9. The van der Waals surface area contributed by atoms with E-state index in [-0.39, 0.29) is 17.2 Å². The molecule has 5 nitrogen and oxygen atoms in total. The summed E-state index contributed by atoms with van der Waals surface area (Å²) in [7, 11) is 4.01. The Morgan fingerprint density at radius 3 is 2.38 bits per heavy atom. The largest absolute Gasteiger partial charge is 0.377 e. The van der Waals surface area contributed by atoms with Gasteiger partial charge in [-0.25, -0.2) is 0 Å². The fourth-order valence-corrected chi connectivity index (χ4v) is 3.91. The van der Waals surface area contributed by atoms with Crippen LogP contribution in [0.1, 0.15) is 61.5 Å². The quantitative estimate of drug-likeness (QED) is 0.597. The van der Waals surface area contributed by atoms with Gasteiger partial charge >= 0.3 is 0 Å². The number of rotatable bonds is 8. The van der Waals surface area contributed by atoms with Crippen LogP contribution in [0, 0.1) is 18.3 Å². The number of hydrogen-bond acceptors (Lipinski definition) is 3. The second-order valence-corrected chi connectivity index (χ2v) is 10.5. The van der Waals surface area contributed by atoms with E-state index in [1.54, 1.807) is 0 Å². The molecule has 5 heteroatoms. The van der Waals surface area contributed by atoms with Crippen molar-refractivity contribution < 1.29 is 9.59 Å². The fourth-order valence-electron chi connectivity index (χ4n) is 3.91. The monoisotopic (exact) mass is 435 g/mol. The second kappa shape index (κ2) is 9.76. The van der Waals surface area contributed by atoms with Crippen LogP contribution in [0.5, 0.6) is 0 Å². The standard InChI is InChI=1S/C27H37N3O2/c1-19-8-7-9-21(14-19)26(32)30(17-20-10-11-20)18-22-15-23(12-13-24(22)29(5)6)28-25(31)16-27(2,3)4/h7-9,12-15,20H,10-11,16-18H2,1-6H3,(H,28,31). The number of nitrogens with zero attached hydrogens (tertiary/aromatic N) is 2. The minimum atomic E-state index is -0.0716. The molecule has 0 bridgehead atoms. The van der Waals surface area contributed by atoms with Crippen LogP contribution in [-0.4, -0.2) is 37.4 Å². The molecular weight excluding hydrogens is 398 g/mol. The van der Waals surface area contributed by atoms with Crippen molar-refractivity contribution in [1.29, 1.82) is 0 Å². The molecule has 1 saturated carbocycles. The molecule has 0 aromatic heterocycles. The lowest BCUT2D eigenvalue weighted by molar-refractivity contribution is -0.117. The molecule has 2 aromatic rings. The Hall–Kier alpha value is -2.82. The maximum atomic E-state index is 13.4. The highest BCUT2D eigenvalue weighted by atomic mass is 16.2. The second-order valence-electron chi connectivity index (χ2n) is 10.5. The molecule has 0 heterocycles. The van der Waals surface area contributed by atoms with Gasteiger partial charge in [0.1, 0.15) is 0 Å². The normalized spacial score (nSPS) is 13.6. The van der Waals surface area contributed by atoms with Gasteiger partial charge in [0, 0.05) is 50.5 Å². The van der Waals surface area contributed by atoms with Crippen molar-refractivity contribution in [1.82, 2.24) is 4.90 Å². The van der Waals surface area contributed by atoms with Crippen molar-refractivity contribution in [3.63, 3.8) is 0 Å². The number of nitrogens with one attached hydrogen (secondary N) is 1. The zero-order chi connectivity index (χ0) is 23.5. The third kappa shape index (κ3) is 6.84. The highest BCUT2D eigenvalue weighted by molar-refractivity contribution is 5.94. The van der Waals surface area contributed by atoms with Crippen LogP contribution in [-0.2, 0) is 11.3 Å². The molecule has 1 fully saturated rings. The van der Waals surface area contributed by atoms with Crippen LogP contribution >= 0.6 is 0 Å². The van der Waals surface area contributed by atoms with E-state index in [0.29, 0.717) is 18.9 Å². The van der Waals surface area contributed by atoms with Crippen molar-refractivity contribution in [3.05, 3.63) is 59.2 Å². The van der Waals surface area contributed by atoms with Gasteiger partial charge in [0.15, 0.2) is 0 Å². The molecule has 2 aromatic carbocycles. The van der Waals surface area contributed by atoms with E-state index in [1.165, 1.54) is 12.8 Å². The number of aryl methyl sites for hydroxylation is 1. The fraction of sp³-hybridized carbons (Fsp3) is 0.481. The molecule has 1 N–H and O–H groups in total. The average molecular weight is 436 g/mol. The third-order valence-electron chi connectivity index (χ3n) is 5.62. The first kappa shape index (κ1) is 23.8. The number of anilines is 2. The maximum Gasteiger partial charge on any atom is 0.254 e. The van der Waals surface area contributed by atoms with Gasteiger partial charge in [-0.1, -0.05) is 38.5 Å². The summed E-state index contributed by atoms with van der Waals surface area (Å²) in [6, 6.07) is 13.8. The molecule has 172 valence electrons. The lowest BCUT2D eigenvalue weighted by Crippen LogP contribution is -2.33. The first-order chi connectivity index (χ1) is 15.0. The van der Waals surface area contributed by atoms with E-state index >= 15 is 0 Å². The van der Waals surface area contributed by atoms with E-state index in [9.17, 15) is 9.59 Å². The van der Waals surface area contributed by atoms with Gasteiger partial charge < -0.3 is 15.1 Å². The molecule has 32 heavy (non-hydrogen) atoms. The minimum absolute atomic E-state index is 0.00623. The zero-order valence-corrected chi connectivity index (χ0v) is 20.4. The Morgan fingerprint density at radius 1 is 1.06 bits per heavy atom. The molecule has 1 aliphatic rings. The predicted octanol–water partition coefficient (Wildman–Crippen LogP) is 5.49. The Bertz CT molecular complexity index is 971. The van der Waals surface area contributed by atoms with E-state index in [4.69, 9.17) is 0 Å². The summed E-state index contributed by atoms with van der Waals surface area (Å²) >= 11 is 0. The number of hydrogen-bond donors (Lipinski definition) is 1. The molecule has 0 radical (unpaired) electrons. The summed E-state index contributed by atoms with van der Waals surface area (Å²) in [5, 5.41) is 3.04. The maximum absolute atomic E-state index is 13.4. The van der Waals surface area contributed by atoms with E-state index in [1.807, 2.05) is 68.4 Å². The predicted molar refractivity (Wildman–Crippen MR) is 132 cm³/mol. The molecule has 0 atom stereocenters. The van der Waals surface area contributed by atoms with Gasteiger partial charge in [-0.05, 0) is 67.0 Å². The lowest BCUT2D eigenvalue weighted by Gasteiger charge is -2.27. The number of carbonyl (C=O) groups excluding carboxylic acids is 2. The van der Waals surface area contributed by atoms with Crippen molar-refractivity contribution in [3.8, 4) is 0 Å². The van der Waals surface area contributed by atoms with E-state index in [0.717, 1.165) is 34.6 Å². The van der Waals surface area contributed by atoms with E-state index in [2.05, 4.69) is 31.0 Å². The molecule has 0 saturated heterocycles. The van der Waals surface area contributed by atoms with Crippen LogP contribution in [0.25, 0.3) is 0 Å². The van der Waals surface area contributed by atoms with Crippen LogP contribution in [0.4, 0.5) is 11.4 Å². The lowest BCUT2D eigenvalue weighted by atomic mass is 9.92. The van der Waals surface area contributed by atoms with Crippen molar-refractivity contribution in [2.45, 2.75) is 53.5 Å². The Labute approximate surface area is 192 Å². The third-order valence-corrected chi connectivity index (χ3v) is 5.62. The van der Waals surface area contributed by atoms with Crippen LogP contribution in [0.15, 0.2) is 42.5 Å². The summed E-state index contributed by atoms with van der Waals surface area (Å²) in [6.45, 7) is 9.45. The SMILES string of the molecule is Cc1cccc(C(=O)N(Cc2cc(NC(=O)CC(C)(C)C)ccc2N(C)C)CC2CC2)c1. The molecular formula is C27H37N3O2. The Kier molecular flexibility index (Phi) is 7.27. The molecule has 2 amide bonds. The number of benzene rings is 2. The average Bonchev–Trinajstić information content (AvgIpc) is 3.49. The molecule has 0 aliphatic heterocycles. The number of amides is 2. The van der Waals surface area contributed by atoms with E-state index < -0.39 is 0 Å². The first-order valence-electron chi connectivity index (χ1n) is 11.5. The Morgan fingerprint density at radius 2 is 1.78 bits per heavy atom. The van der Waals surface area contributed by atoms with Gasteiger partial charge in [-0.3, -0.25) is 9.59 Å². The summed E-state index contributed by atoms with van der Waals surface area (Å²) in [5.74, 6) is 0.653. The highest BCUT2D eigenvalue weighted by Gasteiger charge is 2.28. The van der Waals surface area contributed by atoms with Gasteiger partial charge in [0.05, 0.1) is 0 Å².